The van der Waals surface area contributed by atoms with E-state index in [1.165, 1.54) is 35.9 Å². The largest absolute Gasteiger partial charge is 0.393 e. The van der Waals surface area contributed by atoms with E-state index in [1.54, 1.807) is 11.3 Å². The zero-order chi connectivity index (χ0) is 17.8. The van der Waals surface area contributed by atoms with Crippen LogP contribution in [-0.4, -0.2) is 35.4 Å². The molecule has 0 radical (unpaired) electrons. The normalized spacial score (nSPS) is 15.8. The molecule has 1 aliphatic rings. The third-order valence-corrected chi connectivity index (χ3v) is 5.37. The molecule has 0 bridgehead atoms. The Morgan fingerprint density at radius 2 is 2.12 bits per heavy atom. The van der Waals surface area contributed by atoms with Crippen molar-refractivity contribution >= 4 is 28.6 Å². The topological polar surface area (TPSA) is 102 Å². The van der Waals surface area contributed by atoms with Crippen molar-refractivity contribution in [2.45, 2.75) is 18.9 Å². The number of amides is 1. The van der Waals surface area contributed by atoms with E-state index in [4.69, 9.17) is 5.73 Å². The molecule has 0 saturated carbocycles. The number of rotatable bonds is 6. The smallest absolute Gasteiger partial charge is 0.292 e. The van der Waals surface area contributed by atoms with Gasteiger partial charge in [-0.1, -0.05) is 6.07 Å². The van der Waals surface area contributed by atoms with Crippen LogP contribution >= 0.6 is 11.3 Å². The standard InChI is InChI=1S/C17H20N4O3S/c18-13-6-5-12(10-14(13)21(23)24)17(22)19-11-15(16-4-3-9-25-16)20-7-1-2-8-20/h3-6,9-10,15H,1-2,7-8,11,18H2,(H,19,22). The maximum Gasteiger partial charge on any atom is 0.292 e. The predicted molar refractivity (Wildman–Crippen MR) is 97.7 cm³/mol. The summed E-state index contributed by atoms with van der Waals surface area (Å²) in [5, 5.41) is 15.9. The Hall–Kier alpha value is -2.45. The van der Waals surface area contributed by atoms with Gasteiger partial charge in [0.2, 0.25) is 0 Å². The molecule has 1 unspecified atom stereocenters. The van der Waals surface area contributed by atoms with Gasteiger partial charge in [0, 0.05) is 23.1 Å². The van der Waals surface area contributed by atoms with Crippen LogP contribution in [0.1, 0.15) is 34.1 Å². The van der Waals surface area contributed by atoms with Gasteiger partial charge in [0.05, 0.1) is 11.0 Å². The number of hydrogen-bond donors (Lipinski definition) is 2. The number of thiophene rings is 1. The molecule has 132 valence electrons. The van der Waals surface area contributed by atoms with Crippen molar-refractivity contribution in [2.24, 2.45) is 0 Å². The van der Waals surface area contributed by atoms with Crippen molar-refractivity contribution < 1.29 is 9.72 Å². The van der Waals surface area contributed by atoms with Gasteiger partial charge in [-0.05, 0) is 49.5 Å². The van der Waals surface area contributed by atoms with E-state index in [0.29, 0.717) is 6.54 Å². The number of hydrogen-bond acceptors (Lipinski definition) is 6. The van der Waals surface area contributed by atoms with Crippen molar-refractivity contribution in [1.29, 1.82) is 0 Å². The first kappa shape index (κ1) is 17.4. The Bertz CT molecular complexity index is 757. The highest BCUT2D eigenvalue weighted by atomic mass is 32.1. The summed E-state index contributed by atoms with van der Waals surface area (Å²) in [5.74, 6) is -0.330. The number of nitro benzene ring substituents is 1. The molecule has 1 aromatic carbocycles. The van der Waals surface area contributed by atoms with Crippen LogP contribution in [0.4, 0.5) is 11.4 Å². The van der Waals surface area contributed by atoms with Crippen LogP contribution in [0.3, 0.4) is 0 Å². The summed E-state index contributed by atoms with van der Waals surface area (Å²) in [6.07, 6.45) is 2.33. The fourth-order valence-corrected chi connectivity index (χ4v) is 3.94. The molecule has 1 amide bonds. The number of nitrogens with one attached hydrogen (secondary N) is 1. The van der Waals surface area contributed by atoms with Crippen LogP contribution in [-0.2, 0) is 0 Å². The number of likely N-dealkylation sites (tertiary alicyclic amines) is 1. The molecule has 1 aromatic heterocycles. The summed E-state index contributed by atoms with van der Waals surface area (Å²) < 4.78 is 0. The summed E-state index contributed by atoms with van der Waals surface area (Å²) in [6.45, 7) is 2.51. The lowest BCUT2D eigenvalue weighted by Crippen LogP contribution is -2.36. The summed E-state index contributed by atoms with van der Waals surface area (Å²) >= 11 is 1.67. The molecule has 1 saturated heterocycles. The van der Waals surface area contributed by atoms with Crippen LogP contribution in [0.15, 0.2) is 35.7 Å². The maximum atomic E-state index is 12.4. The van der Waals surface area contributed by atoms with Gasteiger partial charge in [-0.25, -0.2) is 0 Å². The second-order valence-electron chi connectivity index (χ2n) is 6.02. The van der Waals surface area contributed by atoms with Gasteiger partial charge in [0.15, 0.2) is 0 Å². The summed E-state index contributed by atoms with van der Waals surface area (Å²) in [6, 6.07) is 8.34. The average Bonchev–Trinajstić information content (AvgIpc) is 3.29. The molecule has 0 spiro atoms. The molecule has 3 N–H and O–H groups in total. The Morgan fingerprint density at radius 1 is 1.36 bits per heavy atom. The third-order valence-electron chi connectivity index (χ3n) is 4.40. The zero-order valence-corrected chi connectivity index (χ0v) is 14.5. The SMILES string of the molecule is Nc1ccc(C(=O)NCC(c2cccs2)N2CCCC2)cc1[N+](=O)[O-]. The number of anilines is 1. The second kappa shape index (κ2) is 7.62. The predicted octanol–water partition coefficient (Wildman–Crippen LogP) is 2.81. The van der Waals surface area contributed by atoms with E-state index in [1.807, 2.05) is 11.4 Å². The van der Waals surface area contributed by atoms with Crippen LogP contribution < -0.4 is 11.1 Å². The van der Waals surface area contributed by atoms with E-state index in [2.05, 4.69) is 16.3 Å². The van der Waals surface area contributed by atoms with Gasteiger partial charge in [0.1, 0.15) is 5.69 Å². The van der Waals surface area contributed by atoms with E-state index in [-0.39, 0.29) is 28.9 Å². The highest BCUT2D eigenvalue weighted by Crippen LogP contribution is 2.28. The molecule has 2 heterocycles. The van der Waals surface area contributed by atoms with Crippen LogP contribution in [0, 0.1) is 10.1 Å². The Balaban J connectivity index is 1.71. The van der Waals surface area contributed by atoms with Gasteiger partial charge >= 0.3 is 0 Å². The zero-order valence-electron chi connectivity index (χ0n) is 13.7. The highest BCUT2D eigenvalue weighted by molar-refractivity contribution is 7.10. The average molecular weight is 360 g/mol. The lowest BCUT2D eigenvalue weighted by Gasteiger charge is -2.26. The van der Waals surface area contributed by atoms with Gasteiger partial charge in [0.25, 0.3) is 11.6 Å². The molecule has 3 rings (SSSR count). The Kier molecular flexibility index (Phi) is 5.30. The number of nitrogens with zero attached hydrogens (tertiary/aromatic N) is 2. The molecule has 2 aromatic rings. The fourth-order valence-electron chi connectivity index (χ4n) is 3.08. The molecule has 8 heteroatoms. The summed E-state index contributed by atoms with van der Waals surface area (Å²) in [5.41, 5.74) is 5.63. The summed E-state index contributed by atoms with van der Waals surface area (Å²) in [7, 11) is 0. The molecule has 1 fully saturated rings. The second-order valence-corrected chi connectivity index (χ2v) is 6.99. The van der Waals surface area contributed by atoms with Gasteiger partial charge in [-0.15, -0.1) is 11.3 Å². The molecule has 7 nitrogen and oxygen atoms in total. The first-order chi connectivity index (χ1) is 12.1. The van der Waals surface area contributed by atoms with Gasteiger partial charge in [-0.3, -0.25) is 19.8 Å². The number of carbonyl (C=O) groups excluding carboxylic acids is 1. The van der Waals surface area contributed by atoms with Crippen molar-refractivity contribution in [3.63, 3.8) is 0 Å². The number of carbonyl (C=O) groups is 1. The van der Waals surface area contributed by atoms with Crippen molar-refractivity contribution in [3.05, 3.63) is 56.3 Å². The van der Waals surface area contributed by atoms with Crippen LogP contribution in [0.5, 0.6) is 0 Å². The van der Waals surface area contributed by atoms with Gasteiger partial charge in [-0.2, -0.15) is 0 Å². The van der Waals surface area contributed by atoms with E-state index in [9.17, 15) is 14.9 Å². The molecular weight excluding hydrogens is 340 g/mol. The van der Waals surface area contributed by atoms with Crippen LogP contribution in [0.25, 0.3) is 0 Å². The summed E-state index contributed by atoms with van der Waals surface area (Å²) in [4.78, 5) is 26.4. The quantitative estimate of drug-likeness (QED) is 0.468. The Morgan fingerprint density at radius 3 is 2.76 bits per heavy atom. The van der Waals surface area contributed by atoms with E-state index < -0.39 is 4.92 Å². The first-order valence-electron chi connectivity index (χ1n) is 8.16. The van der Waals surface area contributed by atoms with Gasteiger partial charge < -0.3 is 11.1 Å². The Labute approximate surface area is 149 Å². The van der Waals surface area contributed by atoms with Crippen molar-refractivity contribution in [2.75, 3.05) is 25.4 Å². The van der Waals surface area contributed by atoms with Crippen molar-refractivity contribution in [3.8, 4) is 0 Å². The number of nitrogens with two attached hydrogens (primary N) is 1. The molecule has 25 heavy (non-hydrogen) atoms. The monoisotopic (exact) mass is 360 g/mol. The molecular formula is C17H20N4O3S. The number of nitrogen functional groups attached to an aromatic ring is 1. The highest BCUT2D eigenvalue weighted by Gasteiger charge is 2.25. The number of benzene rings is 1. The molecule has 0 aliphatic carbocycles. The first-order valence-corrected chi connectivity index (χ1v) is 9.04. The van der Waals surface area contributed by atoms with Crippen LogP contribution in [0.2, 0.25) is 0 Å². The van der Waals surface area contributed by atoms with E-state index >= 15 is 0 Å². The third kappa shape index (κ3) is 3.97. The minimum absolute atomic E-state index is 0.0510. The minimum atomic E-state index is -0.579. The fraction of sp³-hybridized carbons (Fsp3) is 0.353. The molecule has 1 aliphatic heterocycles. The number of nitro groups is 1. The lowest BCUT2D eigenvalue weighted by molar-refractivity contribution is -0.383. The minimum Gasteiger partial charge on any atom is -0.393 e. The van der Waals surface area contributed by atoms with Crippen molar-refractivity contribution in [1.82, 2.24) is 10.2 Å². The lowest BCUT2D eigenvalue weighted by atomic mass is 10.1. The maximum absolute atomic E-state index is 12.4. The molecule has 1 atom stereocenters. The van der Waals surface area contributed by atoms with E-state index in [0.717, 1.165) is 13.1 Å².